The van der Waals surface area contributed by atoms with Crippen molar-refractivity contribution in [1.29, 1.82) is 0 Å². The predicted molar refractivity (Wildman–Crippen MR) is 65.9 cm³/mol. The van der Waals surface area contributed by atoms with E-state index in [-0.39, 0.29) is 17.9 Å². The third-order valence-electron chi connectivity index (χ3n) is 3.12. The monoisotopic (exact) mass is 265 g/mol. The van der Waals surface area contributed by atoms with Crippen LogP contribution in [0.4, 0.5) is 5.82 Å². The van der Waals surface area contributed by atoms with Crippen molar-refractivity contribution in [2.75, 3.05) is 12.3 Å². The molecule has 0 bridgehead atoms. The Labute approximate surface area is 109 Å². The van der Waals surface area contributed by atoms with Crippen molar-refractivity contribution in [2.45, 2.75) is 19.4 Å². The Kier molecular flexibility index (Phi) is 3.24. The minimum Gasteiger partial charge on any atom is -0.383 e. The number of nitrogens with two attached hydrogens (primary N) is 1. The zero-order chi connectivity index (χ0) is 14.2. The van der Waals surface area contributed by atoms with Crippen LogP contribution in [0.25, 0.3) is 0 Å². The summed E-state index contributed by atoms with van der Waals surface area (Å²) in [6.45, 7) is 1.62. The largest absolute Gasteiger partial charge is 0.383 e. The van der Waals surface area contributed by atoms with Gasteiger partial charge in [-0.25, -0.2) is 0 Å². The van der Waals surface area contributed by atoms with Crippen molar-refractivity contribution in [3.05, 3.63) is 11.8 Å². The first-order chi connectivity index (χ1) is 8.95. The average Bonchev–Trinajstić information content (AvgIpc) is 2.68. The molecule has 2 rings (SSSR count). The fraction of sp³-hybridized carbons (Fsp3) is 0.455. The molecule has 2 heterocycles. The second kappa shape index (κ2) is 4.71. The first-order valence-electron chi connectivity index (χ1n) is 5.87. The topological polar surface area (TPSA) is 110 Å². The number of nitrogens with zero attached hydrogens (tertiary/aromatic N) is 3. The third-order valence-corrected chi connectivity index (χ3v) is 3.12. The minimum absolute atomic E-state index is 0.155. The van der Waals surface area contributed by atoms with Crippen LogP contribution in [0.15, 0.2) is 6.20 Å². The molecule has 0 spiro atoms. The SMILES string of the molecule is CCC1C(=O)NC(=O)CN1C(=O)c1cnn(C)c1N. The summed E-state index contributed by atoms with van der Waals surface area (Å²) in [5.41, 5.74) is 5.93. The van der Waals surface area contributed by atoms with Crippen molar-refractivity contribution in [3.8, 4) is 0 Å². The van der Waals surface area contributed by atoms with Gasteiger partial charge in [-0.05, 0) is 6.42 Å². The number of nitrogen functional groups attached to an aromatic ring is 1. The summed E-state index contributed by atoms with van der Waals surface area (Å²) in [5, 5.41) is 6.09. The number of hydrogen-bond donors (Lipinski definition) is 2. The lowest BCUT2D eigenvalue weighted by molar-refractivity contribution is -0.138. The van der Waals surface area contributed by atoms with Gasteiger partial charge in [-0.2, -0.15) is 5.10 Å². The number of anilines is 1. The van der Waals surface area contributed by atoms with Crippen molar-refractivity contribution in [3.63, 3.8) is 0 Å². The second-order valence-electron chi connectivity index (χ2n) is 4.34. The van der Waals surface area contributed by atoms with Crippen LogP contribution < -0.4 is 11.1 Å². The van der Waals surface area contributed by atoms with Crippen LogP contribution in [0.5, 0.6) is 0 Å². The number of imide groups is 1. The molecule has 3 N–H and O–H groups in total. The van der Waals surface area contributed by atoms with Gasteiger partial charge in [0.25, 0.3) is 5.91 Å². The lowest BCUT2D eigenvalue weighted by Crippen LogP contribution is -2.59. The molecule has 102 valence electrons. The zero-order valence-corrected chi connectivity index (χ0v) is 10.7. The standard InChI is InChI=1S/C11H15N5O3/c1-3-7-10(18)14-8(17)5-16(7)11(19)6-4-13-15(2)9(6)12/h4,7H,3,5,12H2,1-2H3,(H,14,17,18). The summed E-state index contributed by atoms with van der Waals surface area (Å²) < 4.78 is 1.36. The predicted octanol–water partition coefficient (Wildman–Crippen LogP) is -1.12. The van der Waals surface area contributed by atoms with Gasteiger partial charge in [-0.15, -0.1) is 0 Å². The van der Waals surface area contributed by atoms with Crippen LogP contribution in [-0.2, 0) is 16.6 Å². The Bertz CT molecular complexity index is 551. The molecule has 1 aromatic heterocycles. The molecule has 1 aromatic rings. The summed E-state index contributed by atoms with van der Waals surface area (Å²) in [5.74, 6) is -1.21. The molecule has 8 nitrogen and oxygen atoms in total. The van der Waals surface area contributed by atoms with Gasteiger partial charge in [0.15, 0.2) is 0 Å². The molecule has 1 saturated heterocycles. The van der Waals surface area contributed by atoms with Crippen molar-refractivity contribution < 1.29 is 14.4 Å². The summed E-state index contributed by atoms with van der Waals surface area (Å²) in [6, 6.07) is -0.662. The lowest BCUT2D eigenvalue weighted by atomic mass is 10.1. The molecule has 3 amide bonds. The van der Waals surface area contributed by atoms with E-state index in [9.17, 15) is 14.4 Å². The Morgan fingerprint density at radius 2 is 2.26 bits per heavy atom. The smallest absolute Gasteiger partial charge is 0.260 e. The van der Waals surface area contributed by atoms with Crippen molar-refractivity contribution in [2.24, 2.45) is 7.05 Å². The highest BCUT2D eigenvalue weighted by atomic mass is 16.2. The van der Waals surface area contributed by atoms with Gasteiger partial charge in [-0.3, -0.25) is 24.4 Å². The number of aromatic nitrogens is 2. The summed E-state index contributed by atoms with van der Waals surface area (Å²) in [4.78, 5) is 36.7. The molecular weight excluding hydrogens is 250 g/mol. The van der Waals surface area contributed by atoms with Gasteiger partial charge in [0.1, 0.15) is 24.0 Å². The Balaban J connectivity index is 2.33. The number of carbonyl (C=O) groups excluding carboxylic acids is 3. The number of hydrogen-bond acceptors (Lipinski definition) is 5. The molecule has 1 fully saturated rings. The van der Waals surface area contributed by atoms with Crippen LogP contribution in [0, 0.1) is 0 Å². The second-order valence-corrected chi connectivity index (χ2v) is 4.34. The van der Waals surface area contributed by atoms with E-state index in [1.54, 1.807) is 14.0 Å². The third kappa shape index (κ3) is 2.16. The quantitative estimate of drug-likeness (QED) is 0.658. The number of nitrogens with one attached hydrogen (secondary N) is 1. The fourth-order valence-corrected chi connectivity index (χ4v) is 2.05. The molecule has 1 unspecified atom stereocenters. The van der Waals surface area contributed by atoms with E-state index < -0.39 is 23.8 Å². The Morgan fingerprint density at radius 1 is 1.58 bits per heavy atom. The van der Waals surface area contributed by atoms with Crippen LogP contribution >= 0.6 is 0 Å². The van der Waals surface area contributed by atoms with E-state index in [4.69, 9.17) is 5.73 Å². The molecule has 0 aromatic carbocycles. The van der Waals surface area contributed by atoms with Crippen molar-refractivity contribution >= 4 is 23.5 Å². The number of carbonyl (C=O) groups is 3. The lowest BCUT2D eigenvalue weighted by Gasteiger charge is -2.33. The maximum absolute atomic E-state index is 12.4. The molecule has 1 atom stereocenters. The van der Waals surface area contributed by atoms with Gasteiger partial charge >= 0.3 is 0 Å². The molecule has 19 heavy (non-hydrogen) atoms. The Hall–Kier alpha value is -2.38. The first-order valence-corrected chi connectivity index (χ1v) is 5.87. The van der Waals surface area contributed by atoms with Crippen LogP contribution in [0.2, 0.25) is 0 Å². The highest BCUT2D eigenvalue weighted by Gasteiger charge is 2.36. The fourth-order valence-electron chi connectivity index (χ4n) is 2.05. The maximum Gasteiger partial charge on any atom is 0.260 e. The molecule has 0 saturated carbocycles. The van der Waals surface area contributed by atoms with Gasteiger partial charge in [0, 0.05) is 7.05 Å². The molecular formula is C11H15N5O3. The number of rotatable bonds is 2. The van der Waals surface area contributed by atoms with Crippen LogP contribution in [0.3, 0.4) is 0 Å². The molecule has 0 aliphatic carbocycles. The van der Waals surface area contributed by atoms with E-state index in [1.807, 2.05) is 0 Å². The molecule has 1 aliphatic heterocycles. The molecule has 8 heteroatoms. The summed E-state index contributed by atoms with van der Waals surface area (Å²) >= 11 is 0. The van der Waals surface area contributed by atoms with E-state index >= 15 is 0 Å². The summed E-state index contributed by atoms with van der Waals surface area (Å²) in [6.07, 6.45) is 1.76. The van der Waals surface area contributed by atoms with Gasteiger partial charge < -0.3 is 10.6 Å². The van der Waals surface area contributed by atoms with E-state index in [0.29, 0.717) is 6.42 Å². The van der Waals surface area contributed by atoms with E-state index in [0.717, 1.165) is 0 Å². The molecule has 0 radical (unpaired) electrons. The van der Waals surface area contributed by atoms with Gasteiger partial charge in [0.05, 0.1) is 6.20 Å². The minimum atomic E-state index is -0.662. The van der Waals surface area contributed by atoms with E-state index in [1.165, 1.54) is 15.8 Å². The van der Waals surface area contributed by atoms with Gasteiger partial charge in [0.2, 0.25) is 11.8 Å². The van der Waals surface area contributed by atoms with Gasteiger partial charge in [-0.1, -0.05) is 6.92 Å². The normalized spacial score (nSPS) is 19.5. The average molecular weight is 265 g/mol. The van der Waals surface area contributed by atoms with Crippen LogP contribution in [-0.4, -0.2) is 45.0 Å². The molecule has 1 aliphatic rings. The van der Waals surface area contributed by atoms with Crippen molar-refractivity contribution in [1.82, 2.24) is 20.0 Å². The summed E-state index contributed by atoms with van der Waals surface area (Å²) in [7, 11) is 1.61. The van der Waals surface area contributed by atoms with Crippen LogP contribution in [0.1, 0.15) is 23.7 Å². The highest BCUT2D eigenvalue weighted by molar-refractivity contribution is 6.08. The first kappa shape index (κ1) is 13.1. The zero-order valence-electron chi connectivity index (χ0n) is 10.7. The van der Waals surface area contributed by atoms with E-state index in [2.05, 4.69) is 10.4 Å². The number of amides is 3. The number of piperazine rings is 1. The maximum atomic E-state index is 12.4. The highest BCUT2D eigenvalue weighted by Crippen LogP contribution is 2.17. The Morgan fingerprint density at radius 3 is 2.79 bits per heavy atom. The number of aryl methyl sites for hydroxylation is 1.